The number of benzene rings is 2. The Balaban J connectivity index is 2.03. The van der Waals surface area contributed by atoms with Gasteiger partial charge >= 0.3 is 6.61 Å². The van der Waals surface area contributed by atoms with Gasteiger partial charge in [0.15, 0.2) is 11.6 Å². The number of aryl methyl sites for hydroxylation is 1. The number of nitrogens with one attached hydrogen (secondary N) is 1. The smallest absolute Gasteiger partial charge is 0.387 e. The minimum atomic E-state index is -3.10. The van der Waals surface area contributed by atoms with Crippen LogP contribution >= 0.6 is 0 Å². The van der Waals surface area contributed by atoms with Gasteiger partial charge < -0.3 is 10.1 Å². The lowest BCUT2D eigenvalue weighted by atomic mass is 10.1. The number of amides is 1. The Bertz CT molecular complexity index is 674. The molecule has 2 aromatic rings. The van der Waals surface area contributed by atoms with Crippen LogP contribution in [0.1, 0.15) is 11.1 Å². The van der Waals surface area contributed by atoms with Crippen LogP contribution in [0.15, 0.2) is 42.5 Å². The minimum absolute atomic E-state index is 0.142. The highest BCUT2D eigenvalue weighted by Gasteiger charge is 2.12. The third kappa shape index (κ3) is 4.25. The average Bonchev–Trinajstić information content (AvgIpc) is 2.44. The fraction of sp³-hybridized carbons (Fsp3) is 0.188. The maximum atomic E-state index is 13.5. The number of hydrogen-bond donors (Lipinski definition) is 1. The summed E-state index contributed by atoms with van der Waals surface area (Å²) in [5.41, 5.74) is 2.01. The van der Waals surface area contributed by atoms with Crippen LogP contribution in [-0.2, 0) is 11.2 Å². The zero-order chi connectivity index (χ0) is 16.1. The van der Waals surface area contributed by atoms with E-state index in [1.807, 2.05) is 31.2 Å². The van der Waals surface area contributed by atoms with Crippen molar-refractivity contribution in [1.29, 1.82) is 0 Å². The van der Waals surface area contributed by atoms with Gasteiger partial charge in [0.2, 0.25) is 5.91 Å². The Labute approximate surface area is 125 Å². The summed E-state index contributed by atoms with van der Waals surface area (Å²) < 4.78 is 41.6. The number of carbonyl (C=O) groups excluding carboxylic acids is 1. The summed E-state index contributed by atoms with van der Waals surface area (Å²) in [7, 11) is 0. The van der Waals surface area contributed by atoms with Crippen molar-refractivity contribution in [3.05, 3.63) is 59.4 Å². The fourth-order valence-corrected chi connectivity index (χ4v) is 1.96. The van der Waals surface area contributed by atoms with E-state index >= 15 is 0 Å². The van der Waals surface area contributed by atoms with Crippen molar-refractivity contribution in [1.82, 2.24) is 0 Å². The molecule has 0 heterocycles. The van der Waals surface area contributed by atoms with Gasteiger partial charge in [-0.25, -0.2) is 4.39 Å². The highest BCUT2D eigenvalue weighted by molar-refractivity contribution is 5.92. The Hall–Kier alpha value is -2.50. The molecule has 1 N–H and O–H groups in total. The number of hydrogen-bond acceptors (Lipinski definition) is 2. The second-order valence-electron chi connectivity index (χ2n) is 4.68. The molecule has 2 aromatic carbocycles. The van der Waals surface area contributed by atoms with E-state index in [4.69, 9.17) is 0 Å². The van der Waals surface area contributed by atoms with E-state index in [-0.39, 0.29) is 18.0 Å². The van der Waals surface area contributed by atoms with E-state index in [0.29, 0.717) is 0 Å². The van der Waals surface area contributed by atoms with Crippen molar-refractivity contribution in [2.75, 3.05) is 5.32 Å². The number of rotatable bonds is 5. The lowest BCUT2D eigenvalue weighted by Crippen LogP contribution is -2.15. The largest absolute Gasteiger partial charge is 0.432 e. The van der Waals surface area contributed by atoms with Gasteiger partial charge in [0.05, 0.1) is 6.42 Å². The molecule has 0 atom stereocenters. The normalized spacial score (nSPS) is 10.6. The molecule has 0 fully saturated rings. The average molecular weight is 309 g/mol. The van der Waals surface area contributed by atoms with Crippen LogP contribution < -0.4 is 10.1 Å². The predicted octanol–water partition coefficient (Wildman–Crippen LogP) is 3.92. The lowest BCUT2D eigenvalue weighted by molar-refractivity contribution is -0.115. The van der Waals surface area contributed by atoms with Crippen LogP contribution in [0.25, 0.3) is 0 Å². The molecule has 0 unspecified atom stereocenters. The van der Waals surface area contributed by atoms with Gasteiger partial charge in [-0.3, -0.25) is 4.79 Å². The molecular weight excluding hydrogens is 295 g/mol. The first-order valence-corrected chi connectivity index (χ1v) is 6.54. The molecule has 0 saturated heterocycles. The third-order valence-corrected chi connectivity index (χ3v) is 3.04. The second-order valence-corrected chi connectivity index (χ2v) is 4.68. The van der Waals surface area contributed by atoms with E-state index in [0.717, 1.165) is 23.3 Å². The molecule has 0 aliphatic carbocycles. The molecule has 0 aliphatic rings. The molecular formula is C16H14F3NO2. The maximum absolute atomic E-state index is 13.5. The van der Waals surface area contributed by atoms with E-state index in [2.05, 4.69) is 10.1 Å². The Morgan fingerprint density at radius 2 is 1.95 bits per heavy atom. The van der Waals surface area contributed by atoms with E-state index in [1.54, 1.807) is 0 Å². The molecule has 116 valence electrons. The minimum Gasteiger partial charge on any atom is -0.432 e. The molecule has 1 amide bonds. The van der Waals surface area contributed by atoms with Crippen LogP contribution in [-0.4, -0.2) is 12.5 Å². The van der Waals surface area contributed by atoms with Crippen LogP contribution in [0.5, 0.6) is 5.75 Å². The van der Waals surface area contributed by atoms with Crippen molar-refractivity contribution in [2.24, 2.45) is 0 Å². The van der Waals surface area contributed by atoms with Crippen molar-refractivity contribution in [2.45, 2.75) is 20.0 Å². The molecule has 0 aliphatic heterocycles. The number of ether oxygens (including phenoxy) is 1. The summed E-state index contributed by atoms with van der Waals surface area (Å²) in [6.45, 7) is -1.21. The fourth-order valence-electron chi connectivity index (χ4n) is 1.96. The van der Waals surface area contributed by atoms with Crippen molar-refractivity contribution < 1.29 is 22.7 Å². The van der Waals surface area contributed by atoms with Gasteiger partial charge in [-0.05, 0) is 30.2 Å². The lowest BCUT2D eigenvalue weighted by Gasteiger charge is -2.09. The predicted molar refractivity (Wildman–Crippen MR) is 76.5 cm³/mol. The Morgan fingerprint density at radius 3 is 2.59 bits per heavy atom. The zero-order valence-electron chi connectivity index (χ0n) is 11.8. The monoisotopic (exact) mass is 309 g/mol. The standard InChI is InChI=1S/C16H14F3NO2/c1-10-4-2-3-5-11(10)8-15(21)20-12-6-7-14(13(17)9-12)22-16(18)19/h2-7,9,16H,8H2,1H3,(H,20,21). The summed E-state index contributed by atoms with van der Waals surface area (Å²) in [4.78, 5) is 11.9. The molecule has 6 heteroatoms. The van der Waals surface area contributed by atoms with Gasteiger partial charge in [-0.2, -0.15) is 8.78 Å². The Kier molecular flexibility index (Phi) is 5.04. The quantitative estimate of drug-likeness (QED) is 0.909. The Morgan fingerprint density at radius 1 is 1.23 bits per heavy atom. The third-order valence-electron chi connectivity index (χ3n) is 3.04. The molecule has 3 nitrogen and oxygen atoms in total. The summed E-state index contributed by atoms with van der Waals surface area (Å²) in [6.07, 6.45) is 0.142. The summed E-state index contributed by atoms with van der Waals surface area (Å²) in [6, 6.07) is 10.7. The van der Waals surface area contributed by atoms with Gasteiger partial charge in [0.1, 0.15) is 0 Å². The van der Waals surface area contributed by atoms with Crippen molar-refractivity contribution in [3.63, 3.8) is 0 Å². The SMILES string of the molecule is Cc1ccccc1CC(=O)Nc1ccc(OC(F)F)c(F)c1. The van der Waals surface area contributed by atoms with E-state index in [1.165, 1.54) is 6.07 Å². The van der Waals surface area contributed by atoms with Crippen LogP contribution in [0.2, 0.25) is 0 Å². The first kappa shape index (κ1) is 15.9. The number of anilines is 1. The molecule has 2 rings (SSSR count). The molecule has 0 saturated carbocycles. The number of carbonyl (C=O) groups is 1. The molecule has 22 heavy (non-hydrogen) atoms. The van der Waals surface area contributed by atoms with Gasteiger partial charge in [-0.1, -0.05) is 24.3 Å². The summed E-state index contributed by atoms with van der Waals surface area (Å²) in [5, 5.41) is 2.52. The first-order chi connectivity index (χ1) is 10.5. The second kappa shape index (κ2) is 6.98. The summed E-state index contributed by atoms with van der Waals surface area (Å²) in [5.74, 6) is -1.85. The highest BCUT2D eigenvalue weighted by Crippen LogP contribution is 2.23. The maximum Gasteiger partial charge on any atom is 0.387 e. The van der Waals surface area contributed by atoms with E-state index < -0.39 is 18.2 Å². The van der Waals surface area contributed by atoms with Crippen LogP contribution in [0, 0.1) is 12.7 Å². The molecule has 0 radical (unpaired) electrons. The zero-order valence-corrected chi connectivity index (χ0v) is 11.8. The molecule has 0 bridgehead atoms. The highest BCUT2D eigenvalue weighted by atomic mass is 19.3. The first-order valence-electron chi connectivity index (χ1n) is 6.54. The number of alkyl halides is 2. The van der Waals surface area contributed by atoms with Gasteiger partial charge in [-0.15, -0.1) is 0 Å². The molecule has 0 spiro atoms. The van der Waals surface area contributed by atoms with Crippen LogP contribution in [0.3, 0.4) is 0 Å². The van der Waals surface area contributed by atoms with Gasteiger partial charge in [0, 0.05) is 11.8 Å². The molecule has 0 aromatic heterocycles. The summed E-state index contributed by atoms with van der Waals surface area (Å²) >= 11 is 0. The van der Waals surface area contributed by atoms with Crippen molar-refractivity contribution in [3.8, 4) is 5.75 Å². The topological polar surface area (TPSA) is 38.3 Å². The number of halogens is 3. The van der Waals surface area contributed by atoms with E-state index in [9.17, 15) is 18.0 Å². The van der Waals surface area contributed by atoms with Crippen LogP contribution in [0.4, 0.5) is 18.9 Å². The van der Waals surface area contributed by atoms with Gasteiger partial charge in [0.25, 0.3) is 0 Å². The van der Waals surface area contributed by atoms with Crippen molar-refractivity contribution >= 4 is 11.6 Å².